The summed E-state index contributed by atoms with van der Waals surface area (Å²) >= 11 is 0. The van der Waals surface area contributed by atoms with Crippen molar-refractivity contribution >= 4 is 9.84 Å². The molecule has 4 nitrogen and oxygen atoms in total. The number of methoxy groups -OCH3 is 1. The second-order valence-corrected chi connectivity index (χ2v) is 7.36. The molecule has 19 heavy (non-hydrogen) atoms. The molecule has 0 saturated heterocycles. The molecule has 0 heterocycles. The third-order valence-electron chi connectivity index (χ3n) is 3.72. The molecule has 1 aliphatic rings. The molecule has 0 spiro atoms. The van der Waals surface area contributed by atoms with Crippen LogP contribution in [0.5, 0.6) is 0 Å². The van der Waals surface area contributed by atoms with Crippen molar-refractivity contribution in [2.75, 3.05) is 19.5 Å². The predicted molar refractivity (Wildman–Crippen MR) is 71.2 cm³/mol. The number of rotatable bonds is 5. The maximum absolute atomic E-state index is 12.9. The molecule has 6 heteroatoms. The molecule has 1 fully saturated rings. The van der Waals surface area contributed by atoms with E-state index in [1.807, 2.05) is 0 Å². The average Bonchev–Trinajstić information content (AvgIpc) is 2.97. The van der Waals surface area contributed by atoms with Crippen molar-refractivity contribution in [3.63, 3.8) is 0 Å². The maximum atomic E-state index is 12.9. The van der Waals surface area contributed by atoms with Crippen LogP contribution in [-0.4, -0.2) is 38.7 Å². The van der Waals surface area contributed by atoms with Gasteiger partial charge in [0.1, 0.15) is 5.82 Å². The second-order valence-electron chi connectivity index (χ2n) is 4.95. The topological polar surface area (TPSA) is 69.4 Å². The van der Waals surface area contributed by atoms with E-state index < -0.39 is 20.6 Å². The van der Waals surface area contributed by atoms with Crippen LogP contribution in [0.1, 0.15) is 18.4 Å². The number of hydrogen-bond acceptors (Lipinski definition) is 4. The van der Waals surface area contributed by atoms with Gasteiger partial charge in [0, 0.05) is 18.8 Å². The van der Waals surface area contributed by atoms with Gasteiger partial charge in [0.2, 0.25) is 0 Å². The quantitative estimate of drug-likeness (QED) is 0.879. The highest BCUT2D eigenvalue weighted by Crippen LogP contribution is 2.54. The summed E-state index contributed by atoms with van der Waals surface area (Å²) < 4.78 is 42.2. The molecule has 0 aliphatic heterocycles. The van der Waals surface area contributed by atoms with Gasteiger partial charge >= 0.3 is 0 Å². The van der Waals surface area contributed by atoms with Crippen molar-refractivity contribution in [1.29, 1.82) is 0 Å². The van der Waals surface area contributed by atoms with Gasteiger partial charge in [0.15, 0.2) is 9.84 Å². The Bertz CT molecular complexity index is 558. The van der Waals surface area contributed by atoms with Gasteiger partial charge in [-0.05, 0) is 17.7 Å². The SMILES string of the molecule is CCS(=O)(=O)C1C(c2ccc(F)cc2)C1(N)COC. The van der Waals surface area contributed by atoms with E-state index in [2.05, 4.69) is 0 Å². The van der Waals surface area contributed by atoms with Gasteiger partial charge in [-0.3, -0.25) is 0 Å². The molecule has 2 rings (SSSR count). The van der Waals surface area contributed by atoms with Crippen molar-refractivity contribution in [3.8, 4) is 0 Å². The molecule has 1 aromatic rings. The molecular formula is C13H18FNO3S. The zero-order valence-corrected chi connectivity index (χ0v) is 11.8. The first-order chi connectivity index (χ1) is 8.86. The van der Waals surface area contributed by atoms with Crippen LogP contribution in [0.2, 0.25) is 0 Å². The van der Waals surface area contributed by atoms with Gasteiger partial charge in [0.25, 0.3) is 0 Å². The molecule has 2 N–H and O–H groups in total. The largest absolute Gasteiger partial charge is 0.383 e. The van der Waals surface area contributed by atoms with Gasteiger partial charge in [-0.1, -0.05) is 19.1 Å². The average molecular weight is 287 g/mol. The van der Waals surface area contributed by atoms with Gasteiger partial charge in [-0.25, -0.2) is 12.8 Å². The van der Waals surface area contributed by atoms with E-state index in [0.29, 0.717) is 0 Å². The van der Waals surface area contributed by atoms with Crippen molar-refractivity contribution in [2.24, 2.45) is 5.73 Å². The first kappa shape index (κ1) is 14.4. The van der Waals surface area contributed by atoms with Gasteiger partial charge < -0.3 is 10.5 Å². The Morgan fingerprint density at radius 2 is 1.95 bits per heavy atom. The number of hydrogen-bond donors (Lipinski definition) is 1. The second kappa shape index (κ2) is 4.85. The summed E-state index contributed by atoms with van der Waals surface area (Å²) in [7, 11) is -1.77. The van der Waals surface area contributed by atoms with E-state index in [9.17, 15) is 12.8 Å². The number of halogens is 1. The summed E-state index contributed by atoms with van der Waals surface area (Å²) in [5, 5.41) is -0.657. The maximum Gasteiger partial charge on any atom is 0.155 e. The Kier molecular flexibility index (Phi) is 3.68. The van der Waals surface area contributed by atoms with Gasteiger partial charge in [-0.15, -0.1) is 0 Å². The number of sulfone groups is 1. The minimum Gasteiger partial charge on any atom is -0.383 e. The molecule has 0 radical (unpaired) electrons. The molecule has 106 valence electrons. The normalized spacial score (nSPS) is 30.3. The molecule has 0 amide bonds. The fourth-order valence-electron chi connectivity index (χ4n) is 2.72. The highest BCUT2D eigenvalue weighted by molar-refractivity contribution is 7.92. The standard InChI is InChI=1S/C13H18FNO3S/c1-3-19(16,17)12-11(13(12,15)8-18-2)9-4-6-10(14)7-5-9/h4-7,11-12H,3,8,15H2,1-2H3. The third kappa shape index (κ3) is 2.40. The van der Waals surface area contributed by atoms with Crippen molar-refractivity contribution in [1.82, 2.24) is 0 Å². The zero-order valence-electron chi connectivity index (χ0n) is 11.0. The lowest BCUT2D eigenvalue weighted by Gasteiger charge is -2.10. The van der Waals surface area contributed by atoms with Crippen molar-refractivity contribution in [2.45, 2.75) is 23.6 Å². The Labute approximate surface area is 112 Å². The summed E-state index contributed by atoms with van der Waals surface area (Å²) in [5.41, 5.74) is 6.00. The van der Waals surface area contributed by atoms with Crippen LogP contribution in [0.4, 0.5) is 4.39 Å². The Hall–Kier alpha value is -0.980. The lowest BCUT2D eigenvalue weighted by Crippen LogP contribution is -2.36. The number of benzene rings is 1. The Morgan fingerprint density at radius 3 is 2.42 bits per heavy atom. The molecule has 1 aliphatic carbocycles. The fraction of sp³-hybridized carbons (Fsp3) is 0.538. The molecule has 3 unspecified atom stereocenters. The van der Waals surface area contributed by atoms with Crippen molar-refractivity contribution < 1.29 is 17.5 Å². The number of ether oxygens (including phenoxy) is 1. The molecule has 0 aromatic heterocycles. The fourth-order valence-corrected chi connectivity index (χ4v) is 4.71. The van der Waals surface area contributed by atoms with Crippen LogP contribution in [-0.2, 0) is 14.6 Å². The number of nitrogens with two attached hydrogens (primary N) is 1. The van der Waals surface area contributed by atoms with E-state index in [0.717, 1.165) is 5.56 Å². The molecular weight excluding hydrogens is 269 g/mol. The smallest absolute Gasteiger partial charge is 0.155 e. The minimum absolute atomic E-state index is 0.0397. The van der Waals surface area contributed by atoms with E-state index >= 15 is 0 Å². The van der Waals surface area contributed by atoms with E-state index in [4.69, 9.17) is 10.5 Å². The van der Waals surface area contributed by atoms with Crippen LogP contribution in [0.25, 0.3) is 0 Å². The van der Waals surface area contributed by atoms with Crippen LogP contribution in [0.3, 0.4) is 0 Å². The highest BCUT2D eigenvalue weighted by Gasteiger charge is 2.68. The first-order valence-corrected chi connectivity index (χ1v) is 7.83. The van der Waals surface area contributed by atoms with Crippen molar-refractivity contribution in [3.05, 3.63) is 35.6 Å². The molecule has 1 aromatic carbocycles. The van der Waals surface area contributed by atoms with Gasteiger partial charge in [0.05, 0.1) is 17.4 Å². The third-order valence-corrected chi connectivity index (χ3v) is 6.00. The Morgan fingerprint density at radius 1 is 1.37 bits per heavy atom. The first-order valence-electron chi connectivity index (χ1n) is 6.11. The predicted octanol–water partition coefficient (Wildman–Crippen LogP) is 1.07. The molecule has 3 atom stereocenters. The Balaban J connectivity index is 2.36. The lowest BCUT2D eigenvalue weighted by molar-refractivity contribution is 0.171. The van der Waals surface area contributed by atoms with Gasteiger partial charge in [-0.2, -0.15) is 0 Å². The summed E-state index contributed by atoms with van der Waals surface area (Å²) in [4.78, 5) is 0. The van der Waals surface area contributed by atoms with E-state index in [-0.39, 0.29) is 24.1 Å². The van der Waals surface area contributed by atoms with Crippen LogP contribution < -0.4 is 5.73 Å². The zero-order chi connectivity index (χ0) is 14.3. The summed E-state index contributed by atoms with van der Waals surface area (Å²) in [5.74, 6) is -0.649. The summed E-state index contributed by atoms with van der Waals surface area (Å²) in [6.07, 6.45) is 0. The summed E-state index contributed by atoms with van der Waals surface area (Å²) in [6, 6.07) is 5.80. The van der Waals surface area contributed by atoms with Crippen LogP contribution >= 0.6 is 0 Å². The highest BCUT2D eigenvalue weighted by atomic mass is 32.2. The monoisotopic (exact) mass is 287 g/mol. The summed E-state index contributed by atoms with van der Waals surface area (Å²) in [6.45, 7) is 1.77. The molecule has 1 saturated carbocycles. The van der Waals surface area contributed by atoms with E-state index in [1.165, 1.54) is 19.2 Å². The van der Waals surface area contributed by atoms with Crippen LogP contribution in [0, 0.1) is 5.82 Å². The minimum atomic E-state index is -3.26. The lowest BCUT2D eigenvalue weighted by atomic mass is 10.1. The van der Waals surface area contributed by atoms with E-state index in [1.54, 1.807) is 19.1 Å². The molecule has 0 bridgehead atoms. The van der Waals surface area contributed by atoms with Crippen LogP contribution in [0.15, 0.2) is 24.3 Å².